The zero-order valence-electron chi connectivity index (χ0n) is 11.5. The van der Waals surface area contributed by atoms with Crippen molar-refractivity contribution in [3.63, 3.8) is 0 Å². The summed E-state index contributed by atoms with van der Waals surface area (Å²) in [7, 11) is -3.39. The minimum absolute atomic E-state index is 0.164. The van der Waals surface area contributed by atoms with Crippen LogP contribution in [-0.2, 0) is 20.6 Å². The molecule has 0 bridgehead atoms. The molecule has 1 rings (SSSR count). The lowest BCUT2D eigenvalue weighted by Crippen LogP contribution is -2.26. The molecule has 0 spiro atoms. The third-order valence-corrected chi connectivity index (χ3v) is 3.97. The maximum Gasteiger partial charge on any atom is 0.303 e. The van der Waals surface area contributed by atoms with Gasteiger partial charge in [0, 0.05) is 19.0 Å². The van der Waals surface area contributed by atoms with Crippen LogP contribution in [0.25, 0.3) is 0 Å². The van der Waals surface area contributed by atoms with Crippen molar-refractivity contribution in [1.29, 1.82) is 0 Å². The Morgan fingerprint density at radius 3 is 2.65 bits per heavy atom. The van der Waals surface area contributed by atoms with E-state index in [9.17, 15) is 13.2 Å². The highest BCUT2D eigenvalue weighted by Crippen LogP contribution is 2.06. The minimum Gasteiger partial charge on any atom is -0.481 e. The average Bonchev–Trinajstić information content (AvgIpc) is 2.72. The number of aryl methyl sites for hydroxylation is 1. The van der Waals surface area contributed by atoms with Gasteiger partial charge in [-0.3, -0.25) is 4.79 Å². The number of nitrogens with one attached hydrogen (secondary N) is 1. The standard InChI is InChI=1S/C12H20N2O5S/c1-10-8-11(14-19-10)9-20(17,18)13-7-5-3-2-4-6-12(15)16/h8,13H,2-7,9H2,1H3,(H,15,16). The molecule has 0 fully saturated rings. The number of aliphatic carboxylic acids is 1. The summed E-state index contributed by atoms with van der Waals surface area (Å²) in [5.74, 6) is -0.411. The normalized spacial score (nSPS) is 11.7. The Bertz CT molecular complexity index is 524. The number of carboxylic acids is 1. The summed E-state index contributed by atoms with van der Waals surface area (Å²) in [6.45, 7) is 2.06. The number of carboxylic acid groups (broad SMARTS) is 1. The SMILES string of the molecule is Cc1cc(CS(=O)(=O)NCCCCCCC(=O)O)no1. The highest BCUT2D eigenvalue weighted by Gasteiger charge is 2.13. The molecule has 0 saturated carbocycles. The Labute approximate surface area is 118 Å². The lowest BCUT2D eigenvalue weighted by Gasteiger charge is -2.04. The van der Waals surface area contributed by atoms with Crippen LogP contribution in [0.4, 0.5) is 0 Å². The summed E-state index contributed by atoms with van der Waals surface area (Å²) < 4.78 is 30.7. The van der Waals surface area contributed by atoms with E-state index >= 15 is 0 Å². The van der Waals surface area contributed by atoms with Crippen LogP contribution >= 0.6 is 0 Å². The van der Waals surface area contributed by atoms with E-state index in [0.29, 0.717) is 30.8 Å². The van der Waals surface area contributed by atoms with Gasteiger partial charge in [0.25, 0.3) is 0 Å². The van der Waals surface area contributed by atoms with Crippen molar-refractivity contribution in [3.05, 3.63) is 17.5 Å². The summed E-state index contributed by atoms with van der Waals surface area (Å²) in [5.41, 5.74) is 0.386. The largest absolute Gasteiger partial charge is 0.481 e. The van der Waals surface area contributed by atoms with Gasteiger partial charge in [0.15, 0.2) is 0 Å². The predicted octanol–water partition coefficient (Wildman–Crippen LogP) is 1.44. The second-order valence-electron chi connectivity index (χ2n) is 4.64. The maximum atomic E-state index is 11.7. The molecule has 1 aromatic heterocycles. The molecule has 1 heterocycles. The molecule has 7 nitrogen and oxygen atoms in total. The molecule has 2 N–H and O–H groups in total. The van der Waals surface area contributed by atoms with Gasteiger partial charge in [-0.25, -0.2) is 13.1 Å². The monoisotopic (exact) mass is 304 g/mol. The van der Waals surface area contributed by atoms with E-state index in [-0.39, 0.29) is 12.2 Å². The van der Waals surface area contributed by atoms with Crippen molar-refractivity contribution >= 4 is 16.0 Å². The lowest BCUT2D eigenvalue weighted by atomic mass is 10.1. The van der Waals surface area contributed by atoms with E-state index in [1.807, 2.05) is 0 Å². The predicted molar refractivity (Wildman–Crippen MR) is 72.6 cm³/mol. The van der Waals surface area contributed by atoms with Crippen LogP contribution in [0.2, 0.25) is 0 Å². The van der Waals surface area contributed by atoms with Crippen molar-refractivity contribution < 1.29 is 22.8 Å². The summed E-state index contributed by atoms with van der Waals surface area (Å²) in [4.78, 5) is 10.3. The number of hydrogen-bond acceptors (Lipinski definition) is 5. The highest BCUT2D eigenvalue weighted by atomic mass is 32.2. The van der Waals surface area contributed by atoms with Crippen molar-refractivity contribution in [2.45, 2.75) is 44.8 Å². The topological polar surface area (TPSA) is 110 Å². The zero-order chi connectivity index (χ0) is 15.0. The molecule has 0 unspecified atom stereocenters. The molecule has 114 valence electrons. The van der Waals surface area contributed by atoms with Crippen LogP contribution in [-0.4, -0.2) is 31.2 Å². The first-order valence-corrected chi connectivity index (χ1v) is 8.15. The Kier molecular flexibility index (Phi) is 6.66. The number of nitrogens with zero attached hydrogens (tertiary/aromatic N) is 1. The molecule has 0 amide bonds. The number of rotatable bonds is 10. The smallest absolute Gasteiger partial charge is 0.303 e. The van der Waals surface area contributed by atoms with E-state index < -0.39 is 16.0 Å². The van der Waals surface area contributed by atoms with Crippen LogP contribution in [0.1, 0.15) is 43.6 Å². The second-order valence-corrected chi connectivity index (χ2v) is 6.45. The van der Waals surface area contributed by atoms with Crippen LogP contribution in [0.15, 0.2) is 10.6 Å². The quantitative estimate of drug-likeness (QED) is 0.633. The number of hydrogen-bond donors (Lipinski definition) is 2. The first kappa shape index (κ1) is 16.6. The summed E-state index contributed by atoms with van der Waals surface area (Å²) in [6.07, 6.45) is 3.07. The summed E-state index contributed by atoms with van der Waals surface area (Å²) >= 11 is 0. The third-order valence-electron chi connectivity index (χ3n) is 2.65. The van der Waals surface area contributed by atoms with Gasteiger partial charge in [0.1, 0.15) is 17.2 Å². The maximum absolute atomic E-state index is 11.7. The summed E-state index contributed by atoms with van der Waals surface area (Å²) in [5, 5.41) is 12.1. The van der Waals surface area contributed by atoms with E-state index in [2.05, 4.69) is 9.88 Å². The van der Waals surface area contributed by atoms with E-state index in [1.165, 1.54) is 0 Å². The van der Waals surface area contributed by atoms with Crippen molar-refractivity contribution in [2.75, 3.05) is 6.54 Å². The third kappa shape index (κ3) is 7.25. The molecule has 0 radical (unpaired) electrons. The van der Waals surface area contributed by atoms with Crippen LogP contribution < -0.4 is 4.72 Å². The average molecular weight is 304 g/mol. The van der Waals surface area contributed by atoms with Gasteiger partial charge in [0.05, 0.1) is 0 Å². The molecule has 0 aliphatic heterocycles. The molecule has 0 saturated heterocycles. The minimum atomic E-state index is -3.39. The first-order chi connectivity index (χ1) is 9.39. The molecule has 8 heteroatoms. The molecule has 0 atom stereocenters. The van der Waals surface area contributed by atoms with Gasteiger partial charge in [-0.2, -0.15) is 0 Å². The molecule has 0 aliphatic rings. The lowest BCUT2D eigenvalue weighted by molar-refractivity contribution is -0.137. The zero-order valence-corrected chi connectivity index (χ0v) is 12.3. The first-order valence-electron chi connectivity index (χ1n) is 6.50. The van der Waals surface area contributed by atoms with Crippen LogP contribution in [0.3, 0.4) is 0 Å². The number of aromatic nitrogens is 1. The molecule has 0 aliphatic carbocycles. The highest BCUT2D eigenvalue weighted by molar-refractivity contribution is 7.88. The van der Waals surface area contributed by atoms with Crippen LogP contribution in [0, 0.1) is 6.92 Å². The van der Waals surface area contributed by atoms with E-state index in [1.54, 1.807) is 13.0 Å². The fourth-order valence-corrected chi connectivity index (χ4v) is 2.80. The van der Waals surface area contributed by atoms with Gasteiger partial charge in [0.2, 0.25) is 10.0 Å². The van der Waals surface area contributed by atoms with Gasteiger partial charge in [-0.05, 0) is 19.8 Å². The Morgan fingerprint density at radius 1 is 1.35 bits per heavy atom. The van der Waals surface area contributed by atoms with Gasteiger partial charge in [-0.15, -0.1) is 0 Å². The number of sulfonamides is 1. The number of unbranched alkanes of at least 4 members (excludes halogenated alkanes) is 3. The van der Waals surface area contributed by atoms with Crippen LogP contribution in [0.5, 0.6) is 0 Å². The van der Waals surface area contributed by atoms with Gasteiger partial charge >= 0.3 is 5.97 Å². The molecular weight excluding hydrogens is 284 g/mol. The van der Waals surface area contributed by atoms with Crippen molar-refractivity contribution in [1.82, 2.24) is 9.88 Å². The fourth-order valence-electron chi connectivity index (χ4n) is 1.71. The molecule has 0 aromatic carbocycles. The van der Waals surface area contributed by atoms with Gasteiger partial charge in [-0.1, -0.05) is 18.0 Å². The summed E-state index contributed by atoms with van der Waals surface area (Å²) in [6, 6.07) is 1.59. The van der Waals surface area contributed by atoms with Gasteiger partial charge < -0.3 is 9.63 Å². The molecule has 1 aromatic rings. The number of carbonyl (C=O) groups is 1. The fraction of sp³-hybridized carbons (Fsp3) is 0.667. The van der Waals surface area contributed by atoms with E-state index in [4.69, 9.17) is 9.63 Å². The van der Waals surface area contributed by atoms with E-state index in [0.717, 1.165) is 12.8 Å². The Hall–Kier alpha value is -1.41. The Morgan fingerprint density at radius 2 is 2.05 bits per heavy atom. The molecular formula is C12H20N2O5S. The Balaban J connectivity index is 2.15. The molecule has 20 heavy (non-hydrogen) atoms. The van der Waals surface area contributed by atoms with Crippen molar-refractivity contribution in [3.8, 4) is 0 Å². The second kappa shape index (κ2) is 8.01. The van der Waals surface area contributed by atoms with Crippen molar-refractivity contribution in [2.24, 2.45) is 0 Å².